The maximum atomic E-state index is 13.5. The molecule has 5 saturated heterocycles. The van der Waals surface area contributed by atoms with Gasteiger partial charge in [0.2, 0.25) is 17.7 Å². The average Bonchev–Trinajstić information content (AvgIpc) is 3.27. The number of nitrogens with one attached hydrogen (secondary N) is 1. The number of morpholine rings is 1. The highest BCUT2D eigenvalue weighted by molar-refractivity contribution is 6.01. The molecule has 4 aromatic rings. The summed E-state index contributed by atoms with van der Waals surface area (Å²) in [5.41, 5.74) is 11.5. The van der Waals surface area contributed by atoms with Crippen LogP contribution in [0.15, 0.2) is 78.9 Å². The Balaban J connectivity index is 0.751. The van der Waals surface area contributed by atoms with E-state index in [-0.39, 0.29) is 47.7 Å². The van der Waals surface area contributed by atoms with E-state index < -0.39 is 0 Å². The number of hydrogen-bond donors (Lipinski definition) is 3. The molecule has 15 nitrogen and oxygen atoms in total. The number of benzene rings is 3. The van der Waals surface area contributed by atoms with Gasteiger partial charge in [0, 0.05) is 101 Å². The number of fused-ring (bicyclic) bond motifs is 2. The van der Waals surface area contributed by atoms with Crippen LogP contribution in [0.25, 0.3) is 11.3 Å². The first-order valence-corrected chi connectivity index (χ1v) is 21.7. The molecule has 2 bridgehead atoms. The fourth-order valence-corrected chi connectivity index (χ4v) is 9.79. The van der Waals surface area contributed by atoms with E-state index in [1.807, 2.05) is 53.2 Å². The summed E-state index contributed by atoms with van der Waals surface area (Å²) in [5, 5.41) is 21.4. The lowest BCUT2D eigenvalue weighted by Gasteiger charge is -2.51. The average molecular weight is 830 g/mol. The van der Waals surface area contributed by atoms with E-state index in [1.165, 1.54) is 0 Å². The summed E-state index contributed by atoms with van der Waals surface area (Å²) in [7, 11) is 1.91. The van der Waals surface area contributed by atoms with E-state index in [2.05, 4.69) is 60.5 Å². The number of nitrogen functional groups attached to an aromatic ring is 1. The number of para-hydroxylation sites is 1. The highest BCUT2D eigenvalue weighted by Gasteiger charge is 2.40. The van der Waals surface area contributed by atoms with Gasteiger partial charge >= 0.3 is 0 Å². The molecule has 320 valence electrons. The van der Waals surface area contributed by atoms with Crippen LogP contribution in [0, 0.1) is 5.92 Å². The molecule has 0 saturated carbocycles. The number of imide groups is 1. The molecular formula is C46H55N9O6. The van der Waals surface area contributed by atoms with Crippen molar-refractivity contribution in [1.82, 2.24) is 20.4 Å². The van der Waals surface area contributed by atoms with Crippen LogP contribution >= 0.6 is 0 Å². The zero-order chi connectivity index (χ0) is 42.0. The van der Waals surface area contributed by atoms with Crippen molar-refractivity contribution < 1.29 is 29.0 Å². The van der Waals surface area contributed by atoms with Crippen LogP contribution in [0.3, 0.4) is 0 Å². The molecule has 5 fully saturated rings. The Kier molecular flexibility index (Phi) is 11.6. The molecule has 5 aliphatic rings. The molecule has 4 N–H and O–H groups in total. The lowest BCUT2D eigenvalue weighted by molar-refractivity contribution is -0.135. The Morgan fingerprint density at radius 2 is 1.61 bits per heavy atom. The van der Waals surface area contributed by atoms with Crippen molar-refractivity contribution in [2.24, 2.45) is 5.92 Å². The maximum absolute atomic E-state index is 13.5. The lowest BCUT2D eigenvalue weighted by Crippen LogP contribution is -2.65. The minimum atomic E-state index is -0.367. The number of likely N-dealkylation sites (tertiary alicyclic amines) is 1. The predicted octanol–water partition coefficient (Wildman–Crippen LogP) is 4.44. The number of carbonyl (C=O) groups excluding carboxylic acids is 3. The molecule has 0 aliphatic carbocycles. The number of likely N-dealkylation sites (N-methyl/N-ethyl adjacent to an activating group) is 1. The Morgan fingerprint density at radius 3 is 2.36 bits per heavy atom. The largest absolute Gasteiger partial charge is 0.507 e. The van der Waals surface area contributed by atoms with E-state index in [9.17, 15) is 19.5 Å². The second-order valence-electron chi connectivity index (χ2n) is 17.1. The number of piperazine rings is 1. The first kappa shape index (κ1) is 40.3. The van der Waals surface area contributed by atoms with Crippen LogP contribution in [0.2, 0.25) is 0 Å². The van der Waals surface area contributed by atoms with Crippen LogP contribution in [0.4, 0.5) is 28.6 Å². The number of piperidine rings is 3. The minimum Gasteiger partial charge on any atom is -0.507 e. The minimum absolute atomic E-state index is 0.0347. The van der Waals surface area contributed by atoms with Crippen LogP contribution in [0.1, 0.15) is 44.9 Å². The van der Waals surface area contributed by atoms with Crippen molar-refractivity contribution >= 4 is 46.3 Å². The van der Waals surface area contributed by atoms with Crippen LogP contribution in [-0.2, 0) is 19.1 Å². The van der Waals surface area contributed by atoms with E-state index in [0.717, 1.165) is 67.3 Å². The van der Waals surface area contributed by atoms with Gasteiger partial charge in [-0.2, -0.15) is 0 Å². The molecule has 3 aromatic carbocycles. The third-order valence-electron chi connectivity index (χ3n) is 13.2. The third kappa shape index (κ3) is 8.74. The zero-order valence-electron chi connectivity index (χ0n) is 34.7. The molecule has 1 unspecified atom stereocenters. The fourth-order valence-electron chi connectivity index (χ4n) is 9.79. The molecule has 1 aromatic heterocycles. The highest BCUT2D eigenvalue weighted by atomic mass is 16.5. The number of hydrogen-bond acceptors (Lipinski definition) is 13. The second-order valence-corrected chi connectivity index (χ2v) is 17.1. The Hall–Kier alpha value is -6.09. The molecule has 3 atom stereocenters. The van der Waals surface area contributed by atoms with Crippen LogP contribution in [-0.4, -0.2) is 122 Å². The quantitative estimate of drug-likeness (QED) is 0.192. The van der Waals surface area contributed by atoms with Crippen molar-refractivity contribution in [2.45, 2.75) is 69.2 Å². The lowest BCUT2D eigenvalue weighted by atomic mass is 9.92. The number of aromatic nitrogens is 2. The molecular weight excluding hydrogens is 775 g/mol. The van der Waals surface area contributed by atoms with Gasteiger partial charge in [-0.25, -0.2) is 0 Å². The van der Waals surface area contributed by atoms with E-state index in [1.54, 1.807) is 12.1 Å². The maximum Gasteiger partial charge on any atom is 0.249 e. The number of carbonyl (C=O) groups is 3. The van der Waals surface area contributed by atoms with Crippen LogP contribution in [0.5, 0.6) is 11.5 Å². The SMILES string of the molecule is CN(c1cccc(N2CCC(CC(=O)N3CCC(Oc4cccc(N5[C@@H]6COC[C@H]5CN(c5cc(-c7ccccc7O)nnc5N)C6)c4)CC3)CC2)c1)C1CCC(=O)NC1=O. The summed E-state index contributed by atoms with van der Waals surface area (Å²) in [6.07, 6.45) is 4.95. The summed E-state index contributed by atoms with van der Waals surface area (Å²) in [6.45, 7) is 5.66. The first-order chi connectivity index (χ1) is 29.7. The van der Waals surface area contributed by atoms with Gasteiger partial charge in [0.05, 0.1) is 36.7 Å². The predicted molar refractivity (Wildman–Crippen MR) is 234 cm³/mol. The summed E-state index contributed by atoms with van der Waals surface area (Å²) < 4.78 is 12.6. The number of phenolic OH excluding ortho intramolecular Hbond substituents is 1. The number of rotatable bonds is 10. The number of aromatic hydroxyl groups is 1. The number of ether oxygens (including phenoxy) is 2. The number of nitrogens with zero attached hydrogens (tertiary/aromatic N) is 7. The highest BCUT2D eigenvalue weighted by Crippen LogP contribution is 2.37. The van der Waals surface area contributed by atoms with Gasteiger partial charge in [-0.3, -0.25) is 19.7 Å². The summed E-state index contributed by atoms with van der Waals surface area (Å²) in [5.74, 6) is 1.46. The van der Waals surface area contributed by atoms with Crippen molar-refractivity contribution in [3.63, 3.8) is 0 Å². The molecule has 3 amide bonds. The number of nitrogens with two attached hydrogens (primary N) is 1. The van der Waals surface area contributed by atoms with Gasteiger partial charge in [-0.15, -0.1) is 10.2 Å². The normalized spacial score (nSPS) is 22.5. The molecule has 61 heavy (non-hydrogen) atoms. The van der Waals surface area contributed by atoms with Gasteiger partial charge in [0.15, 0.2) is 5.82 Å². The Bertz CT molecular complexity index is 2230. The van der Waals surface area contributed by atoms with Crippen LogP contribution < -0.4 is 35.4 Å². The molecule has 0 radical (unpaired) electrons. The third-order valence-corrected chi connectivity index (χ3v) is 13.2. The molecule has 0 spiro atoms. The van der Waals surface area contributed by atoms with Gasteiger partial charge in [0.1, 0.15) is 23.6 Å². The molecule has 9 rings (SSSR count). The second kappa shape index (κ2) is 17.5. The summed E-state index contributed by atoms with van der Waals surface area (Å²) >= 11 is 0. The first-order valence-electron chi connectivity index (χ1n) is 21.7. The van der Waals surface area contributed by atoms with Crippen molar-refractivity contribution in [3.05, 3.63) is 78.9 Å². The summed E-state index contributed by atoms with van der Waals surface area (Å²) in [6, 6.07) is 25.4. The number of amides is 3. The fraction of sp³-hybridized carbons (Fsp3) is 0.457. The van der Waals surface area contributed by atoms with Gasteiger partial charge < -0.3 is 44.8 Å². The zero-order valence-corrected chi connectivity index (χ0v) is 34.7. The van der Waals surface area contributed by atoms with Crippen molar-refractivity contribution in [1.29, 1.82) is 0 Å². The molecule has 15 heteroatoms. The van der Waals surface area contributed by atoms with E-state index in [4.69, 9.17) is 15.2 Å². The number of phenols is 1. The monoisotopic (exact) mass is 829 g/mol. The molecule has 6 heterocycles. The van der Waals surface area contributed by atoms with E-state index in [0.29, 0.717) is 81.6 Å². The van der Waals surface area contributed by atoms with E-state index >= 15 is 0 Å². The topological polar surface area (TPSA) is 170 Å². The van der Waals surface area contributed by atoms with Crippen molar-refractivity contribution in [2.75, 3.05) is 84.9 Å². The Labute approximate surface area is 356 Å². The number of anilines is 5. The van der Waals surface area contributed by atoms with Crippen molar-refractivity contribution in [3.8, 4) is 22.8 Å². The standard InChI is InChI=1S/C46H55N9O6/c1-51(40-12-13-43(57)48-46(40)59)31-6-4-7-32(23-31)52-18-14-30(15-19-52)22-44(58)53-20-16-36(17-21-53)61-37-9-5-8-33(24-37)55-34-26-54(27-35(55)29-60-28-34)41-25-39(49-50-45(41)47)38-10-2-3-11-42(38)56/h2-11,23-25,30,34-36,40,56H,12-22,26-29H2,1H3,(H2,47,50)(H,48,57,59)/t34-,35+,40?. The summed E-state index contributed by atoms with van der Waals surface area (Å²) in [4.78, 5) is 48.7. The van der Waals surface area contributed by atoms with Gasteiger partial charge in [0.25, 0.3) is 0 Å². The van der Waals surface area contributed by atoms with Gasteiger partial charge in [-0.05, 0) is 73.7 Å². The van der Waals surface area contributed by atoms with Gasteiger partial charge in [-0.1, -0.05) is 24.3 Å². The molecule has 5 aliphatic heterocycles. The Morgan fingerprint density at radius 1 is 0.869 bits per heavy atom. The smallest absolute Gasteiger partial charge is 0.249 e.